The van der Waals surface area contributed by atoms with Gasteiger partial charge in [0.05, 0.1) is 15.5 Å². The number of fused-ring (bicyclic) bond motifs is 1. The van der Waals surface area contributed by atoms with Crippen LogP contribution in [0.2, 0.25) is 0 Å². The first-order valence-corrected chi connectivity index (χ1v) is 10.9. The Morgan fingerprint density at radius 3 is 2.15 bits per heavy atom. The van der Waals surface area contributed by atoms with Crippen molar-refractivity contribution in [3.63, 3.8) is 0 Å². The summed E-state index contributed by atoms with van der Waals surface area (Å²) in [5, 5.41) is 0. The van der Waals surface area contributed by atoms with Gasteiger partial charge in [-0.1, -0.05) is 42.1 Å². The van der Waals surface area contributed by atoms with Crippen molar-refractivity contribution in [1.82, 2.24) is 0 Å². The summed E-state index contributed by atoms with van der Waals surface area (Å²) >= 11 is 1.58. The van der Waals surface area contributed by atoms with Gasteiger partial charge < -0.3 is 4.74 Å². The van der Waals surface area contributed by atoms with E-state index in [2.05, 4.69) is 4.90 Å². The molecule has 3 aromatic carbocycles. The molecule has 3 aromatic rings. The molecule has 0 aromatic heterocycles. The molecule has 0 spiro atoms. The Balaban J connectivity index is 1.71. The van der Waals surface area contributed by atoms with Crippen LogP contribution in [0.3, 0.4) is 0 Å². The lowest BCUT2D eigenvalue weighted by Crippen LogP contribution is -2.26. The maximum atomic E-state index is 12.7. The Labute approximate surface area is 157 Å². The van der Waals surface area contributed by atoms with Gasteiger partial charge in [0.15, 0.2) is 0 Å². The minimum Gasteiger partial charge on any atom is -0.459 e. The van der Waals surface area contributed by atoms with Crippen LogP contribution in [-0.4, -0.2) is 20.2 Å². The van der Waals surface area contributed by atoms with Crippen molar-refractivity contribution < 1.29 is 13.2 Å². The van der Waals surface area contributed by atoms with E-state index in [-0.39, 0.29) is 10.5 Å². The summed E-state index contributed by atoms with van der Waals surface area (Å²) in [7, 11) is -3.51. The second-order valence-electron chi connectivity index (χ2n) is 5.81. The molecule has 1 aliphatic heterocycles. The molecule has 1 heterocycles. The number of anilines is 2. The van der Waals surface area contributed by atoms with Crippen LogP contribution in [0.4, 0.5) is 11.4 Å². The van der Waals surface area contributed by atoms with Crippen molar-refractivity contribution in [3.05, 3.63) is 78.9 Å². The maximum absolute atomic E-state index is 12.7. The summed E-state index contributed by atoms with van der Waals surface area (Å²) in [4.78, 5) is 2.64. The van der Waals surface area contributed by atoms with Crippen LogP contribution in [0.15, 0.2) is 88.7 Å². The zero-order chi connectivity index (χ0) is 18.1. The van der Waals surface area contributed by atoms with Crippen molar-refractivity contribution in [2.75, 3.05) is 11.2 Å². The number of para-hydroxylation sites is 2. The molecule has 4 rings (SSSR count). The summed E-state index contributed by atoms with van der Waals surface area (Å²) in [6.07, 6.45) is 1.98. The van der Waals surface area contributed by atoms with Gasteiger partial charge in [0, 0.05) is 5.69 Å². The van der Waals surface area contributed by atoms with Crippen molar-refractivity contribution in [1.29, 1.82) is 0 Å². The van der Waals surface area contributed by atoms with Gasteiger partial charge in [-0.2, -0.15) is 0 Å². The highest BCUT2D eigenvalue weighted by molar-refractivity contribution is 7.99. The largest absolute Gasteiger partial charge is 0.459 e. The summed E-state index contributed by atoms with van der Waals surface area (Å²) in [5.41, 5.74) is 1.69. The van der Waals surface area contributed by atoms with Gasteiger partial charge in [-0.15, -0.1) is 0 Å². The average molecular weight is 383 g/mol. The highest BCUT2D eigenvalue weighted by atomic mass is 32.2. The number of nitrogens with zero attached hydrogens (tertiary/aromatic N) is 1. The summed E-state index contributed by atoms with van der Waals surface area (Å²) < 4.78 is 31.4. The standard InChI is InChI=1S/C20H17NO3S2/c1-25-20-21(18-9-5-6-10-19(18)24-20)15-11-13-17(14-12-15)26(22,23)16-7-3-2-4-8-16/h2-14,20H,1H3. The molecular formula is C20H17NO3S2. The number of ether oxygens (including phenoxy) is 1. The molecule has 4 nitrogen and oxygen atoms in total. The lowest BCUT2D eigenvalue weighted by atomic mass is 10.2. The van der Waals surface area contributed by atoms with E-state index in [1.165, 1.54) is 0 Å². The highest BCUT2D eigenvalue weighted by Gasteiger charge is 2.31. The summed E-state index contributed by atoms with van der Waals surface area (Å²) in [5.74, 6) is 0.827. The van der Waals surface area contributed by atoms with Gasteiger partial charge in [-0.05, 0) is 54.8 Å². The molecule has 0 bridgehead atoms. The first kappa shape index (κ1) is 17.0. The van der Waals surface area contributed by atoms with E-state index >= 15 is 0 Å². The van der Waals surface area contributed by atoms with Crippen LogP contribution in [0.25, 0.3) is 0 Å². The predicted octanol–water partition coefficient (Wildman–Crippen LogP) is 4.70. The minimum absolute atomic E-state index is 0.177. The zero-order valence-corrected chi connectivity index (χ0v) is 15.7. The Morgan fingerprint density at radius 1 is 0.846 bits per heavy atom. The monoisotopic (exact) mass is 383 g/mol. The number of hydrogen-bond donors (Lipinski definition) is 0. The van der Waals surface area contributed by atoms with E-state index in [1.54, 1.807) is 54.2 Å². The van der Waals surface area contributed by atoms with Crippen LogP contribution in [0.1, 0.15) is 0 Å². The predicted molar refractivity (Wildman–Crippen MR) is 105 cm³/mol. The van der Waals surface area contributed by atoms with E-state index in [0.29, 0.717) is 4.90 Å². The Morgan fingerprint density at radius 2 is 1.46 bits per heavy atom. The third-order valence-corrected chi connectivity index (χ3v) is 6.74. The van der Waals surface area contributed by atoms with E-state index in [0.717, 1.165) is 17.1 Å². The third-order valence-electron chi connectivity index (χ3n) is 4.24. The molecule has 6 heteroatoms. The van der Waals surface area contributed by atoms with Gasteiger partial charge in [-0.3, -0.25) is 4.90 Å². The van der Waals surface area contributed by atoms with Crippen LogP contribution < -0.4 is 9.64 Å². The smallest absolute Gasteiger partial charge is 0.225 e. The molecule has 132 valence electrons. The van der Waals surface area contributed by atoms with Crippen molar-refractivity contribution in [2.45, 2.75) is 15.4 Å². The lowest BCUT2D eigenvalue weighted by Gasteiger charge is -2.24. The van der Waals surface area contributed by atoms with Gasteiger partial charge in [0.2, 0.25) is 15.4 Å². The molecule has 1 unspecified atom stereocenters. The SMILES string of the molecule is CSC1Oc2ccccc2N1c1ccc(S(=O)(=O)c2ccccc2)cc1. The van der Waals surface area contributed by atoms with Gasteiger partial charge in [-0.25, -0.2) is 8.42 Å². The molecule has 26 heavy (non-hydrogen) atoms. The van der Waals surface area contributed by atoms with E-state index in [9.17, 15) is 8.42 Å². The molecule has 1 aliphatic rings. The number of hydrogen-bond acceptors (Lipinski definition) is 5. The Kier molecular flexibility index (Phi) is 4.38. The van der Waals surface area contributed by atoms with Crippen molar-refractivity contribution >= 4 is 33.0 Å². The number of sulfone groups is 1. The number of rotatable bonds is 4. The fourth-order valence-electron chi connectivity index (χ4n) is 2.97. The molecular weight excluding hydrogens is 366 g/mol. The van der Waals surface area contributed by atoms with Gasteiger partial charge in [0.25, 0.3) is 0 Å². The van der Waals surface area contributed by atoms with E-state index in [1.807, 2.05) is 42.7 Å². The Bertz CT molecular complexity index is 1020. The van der Waals surface area contributed by atoms with Crippen LogP contribution in [-0.2, 0) is 9.84 Å². The van der Waals surface area contributed by atoms with E-state index in [4.69, 9.17) is 4.74 Å². The normalized spacial score (nSPS) is 16.2. The van der Waals surface area contributed by atoms with Crippen LogP contribution in [0, 0.1) is 0 Å². The van der Waals surface area contributed by atoms with Gasteiger partial charge in [0.1, 0.15) is 5.75 Å². The molecule has 0 fully saturated rings. The molecule has 0 aliphatic carbocycles. The maximum Gasteiger partial charge on any atom is 0.225 e. The van der Waals surface area contributed by atoms with Crippen molar-refractivity contribution in [2.24, 2.45) is 0 Å². The average Bonchev–Trinajstić information content (AvgIpc) is 3.07. The molecule has 0 saturated carbocycles. The van der Waals surface area contributed by atoms with E-state index < -0.39 is 9.84 Å². The first-order chi connectivity index (χ1) is 12.6. The minimum atomic E-state index is -3.51. The quantitative estimate of drug-likeness (QED) is 0.654. The highest BCUT2D eigenvalue weighted by Crippen LogP contribution is 2.44. The molecule has 0 saturated heterocycles. The molecule has 0 radical (unpaired) electrons. The summed E-state index contributed by atoms with van der Waals surface area (Å²) in [6.45, 7) is 0. The van der Waals surface area contributed by atoms with Crippen LogP contribution >= 0.6 is 11.8 Å². The zero-order valence-electron chi connectivity index (χ0n) is 14.1. The fraction of sp³-hybridized carbons (Fsp3) is 0.100. The van der Waals surface area contributed by atoms with Crippen molar-refractivity contribution in [3.8, 4) is 5.75 Å². The lowest BCUT2D eigenvalue weighted by molar-refractivity contribution is 0.324. The topological polar surface area (TPSA) is 46.6 Å². The fourth-order valence-corrected chi connectivity index (χ4v) is 4.89. The van der Waals surface area contributed by atoms with Crippen LogP contribution in [0.5, 0.6) is 5.75 Å². The second-order valence-corrected chi connectivity index (χ2v) is 8.63. The second kappa shape index (κ2) is 6.70. The molecule has 0 N–H and O–H groups in total. The number of benzene rings is 3. The van der Waals surface area contributed by atoms with Gasteiger partial charge >= 0.3 is 0 Å². The third kappa shape index (κ3) is 2.85. The first-order valence-electron chi connectivity index (χ1n) is 8.09. The summed E-state index contributed by atoms with van der Waals surface area (Å²) in [6, 6.07) is 23.3. The molecule has 0 amide bonds. The molecule has 1 atom stereocenters. The Hall–Kier alpha value is -2.44. The number of thioether (sulfide) groups is 1.